The molecule has 6 nitrogen and oxygen atoms in total. The smallest absolute Gasteiger partial charge is 0.335 e. The summed E-state index contributed by atoms with van der Waals surface area (Å²) in [5.41, 5.74) is 1.24. The van der Waals surface area contributed by atoms with Crippen LogP contribution in [0.15, 0.2) is 18.2 Å². The molecule has 0 heterocycles. The van der Waals surface area contributed by atoms with Gasteiger partial charge in [-0.25, -0.2) is 4.79 Å². The van der Waals surface area contributed by atoms with Crippen molar-refractivity contribution >= 4 is 23.5 Å². The van der Waals surface area contributed by atoms with Crippen LogP contribution in [0, 0.1) is 18.8 Å². The molecule has 2 rings (SSSR count). The number of aromatic carboxylic acids is 1. The number of carbonyl (C=O) groups excluding carboxylic acids is 1. The molecule has 6 heteroatoms. The lowest BCUT2D eigenvalue weighted by molar-refractivity contribution is -0.147. The predicted molar refractivity (Wildman–Crippen MR) is 79.9 cm³/mol. The highest BCUT2D eigenvalue weighted by Gasteiger charge is 2.35. The van der Waals surface area contributed by atoms with Crippen LogP contribution >= 0.6 is 0 Å². The Labute approximate surface area is 128 Å². The standard InChI is InChI=1S/C16H19NO5/c1-9-6-7-10(15(19)20)8-13(9)17-14(18)11-4-2-3-5-12(11)16(21)22/h6-8,11-12H,2-5H2,1H3,(H,17,18)(H,19,20)(H,21,22)/t11-,12+/m1/s1. The first-order valence-electron chi connectivity index (χ1n) is 7.27. The first kappa shape index (κ1) is 16.0. The summed E-state index contributed by atoms with van der Waals surface area (Å²) in [5.74, 6) is -3.61. The van der Waals surface area contributed by atoms with E-state index in [2.05, 4.69) is 5.32 Å². The fraction of sp³-hybridized carbons (Fsp3) is 0.438. The number of anilines is 1. The number of carboxylic acid groups (broad SMARTS) is 2. The number of aliphatic carboxylic acids is 1. The van der Waals surface area contributed by atoms with E-state index in [-0.39, 0.29) is 11.5 Å². The quantitative estimate of drug-likeness (QED) is 0.793. The molecule has 1 aromatic rings. The molecule has 0 radical (unpaired) electrons. The summed E-state index contributed by atoms with van der Waals surface area (Å²) in [6.45, 7) is 1.76. The van der Waals surface area contributed by atoms with Crippen LogP contribution in [0.5, 0.6) is 0 Å². The second kappa shape index (κ2) is 6.60. The van der Waals surface area contributed by atoms with Gasteiger partial charge >= 0.3 is 11.9 Å². The van der Waals surface area contributed by atoms with Crippen molar-refractivity contribution < 1.29 is 24.6 Å². The fourth-order valence-corrected chi connectivity index (χ4v) is 2.86. The number of hydrogen-bond acceptors (Lipinski definition) is 3. The zero-order valence-electron chi connectivity index (χ0n) is 12.3. The van der Waals surface area contributed by atoms with Crippen molar-refractivity contribution in [3.8, 4) is 0 Å². The first-order chi connectivity index (χ1) is 10.4. The number of rotatable bonds is 4. The van der Waals surface area contributed by atoms with E-state index >= 15 is 0 Å². The summed E-state index contributed by atoms with van der Waals surface area (Å²) in [7, 11) is 0. The van der Waals surface area contributed by atoms with E-state index < -0.39 is 23.8 Å². The predicted octanol–water partition coefficient (Wildman–Crippen LogP) is 2.52. The van der Waals surface area contributed by atoms with Crippen LogP contribution in [-0.4, -0.2) is 28.1 Å². The molecule has 1 aliphatic carbocycles. The minimum atomic E-state index is -1.07. The molecule has 0 unspecified atom stereocenters. The molecular formula is C16H19NO5. The molecule has 0 aromatic heterocycles. The molecule has 1 saturated carbocycles. The fourth-order valence-electron chi connectivity index (χ4n) is 2.86. The molecule has 1 fully saturated rings. The highest BCUT2D eigenvalue weighted by molar-refractivity contribution is 5.97. The zero-order chi connectivity index (χ0) is 16.3. The van der Waals surface area contributed by atoms with Crippen LogP contribution in [0.4, 0.5) is 5.69 Å². The van der Waals surface area contributed by atoms with Gasteiger partial charge in [0.25, 0.3) is 0 Å². The van der Waals surface area contributed by atoms with E-state index in [1.165, 1.54) is 12.1 Å². The summed E-state index contributed by atoms with van der Waals surface area (Å²) in [6, 6.07) is 4.48. The number of benzene rings is 1. The second-order valence-corrected chi connectivity index (χ2v) is 5.66. The average molecular weight is 305 g/mol. The summed E-state index contributed by atoms with van der Waals surface area (Å²) in [4.78, 5) is 34.7. The van der Waals surface area contributed by atoms with Gasteiger partial charge in [0.2, 0.25) is 5.91 Å². The summed E-state index contributed by atoms with van der Waals surface area (Å²) >= 11 is 0. The first-order valence-corrected chi connectivity index (χ1v) is 7.27. The summed E-state index contributed by atoms with van der Waals surface area (Å²) in [5, 5.41) is 20.9. The van der Waals surface area contributed by atoms with Crippen molar-refractivity contribution in [2.24, 2.45) is 11.8 Å². The van der Waals surface area contributed by atoms with E-state index in [4.69, 9.17) is 5.11 Å². The van der Waals surface area contributed by atoms with Crippen LogP contribution in [0.3, 0.4) is 0 Å². The number of nitrogens with one attached hydrogen (secondary N) is 1. The lowest BCUT2D eigenvalue weighted by Crippen LogP contribution is -2.36. The Balaban J connectivity index is 2.19. The van der Waals surface area contributed by atoms with Crippen molar-refractivity contribution in [3.63, 3.8) is 0 Å². The molecule has 0 aliphatic heterocycles. The van der Waals surface area contributed by atoms with Gasteiger partial charge < -0.3 is 15.5 Å². The number of amides is 1. The van der Waals surface area contributed by atoms with Crippen LogP contribution in [0.25, 0.3) is 0 Å². The third kappa shape index (κ3) is 3.44. The normalized spacial score (nSPS) is 21.1. The monoisotopic (exact) mass is 305 g/mol. The molecule has 3 N–H and O–H groups in total. The second-order valence-electron chi connectivity index (χ2n) is 5.66. The van der Waals surface area contributed by atoms with E-state index in [1.54, 1.807) is 13.0 Å². The minimum absolute atomic E-state index is 0.0827. The van der Waals surface area contributed by atoms with E-state index in [1.807, 2.05) is 0 Å². The number of carboxylic acids is 2. The molecule has 0 spiro atoms. The molecule has 22 heavy (non-hydrogen) atoms. The Bertz CT molecular complexity index is 611. The molecule has 1 aromatic carbocycles. The Morgan fingerprint density at radius 3 is 2.32 bits per heavy atom. The van der Waals surface area contributed by atoms with Crippen LogP contribution in [0.2, 0.25) is 0 Å². The molecule has 118 valence electrons. The number of carbonyl (C=O) groups is 3. The Morgan fingerprint density at radius 2 is 1.73 bits per heavy atom. The van der Waals surface area contributed by atoms with Crippen molar-refractivity contribution in [3.05, 3.63) is 29.3 Å². The van der Waals surface area contributed by atoms with Crippen LogP contribution < -0.4 is 5.32 Å². The minimum Gasteiger partial charge on any atom is -0.481 e. The highest BCUT2D eigenvalue weighted by Crippen LogP contribution is 2.31. The van der Waals surface area contributed by atoms with Gasteiger partial charge in [0.15, 0.2) is 0 Å². The third-order valence-electron chi connectivity index (χ3n) is 4.16. The Hall–Kier alpha value is -2.37. The van der Waals surface area contributed by atoms with Crippen molar-refractivity contribution in [2.75, 3.05) is 5.32 Å². The topological polar surface area (TPSA) is 104 Å². The van der Waals surface area contributed by atoms with Gasteiger partial charge in [0.1, 0.15) is 0 Å². The molecular weight excluding hydrogens is 286 g/mol. The largest absolute Gasteiger partial charge is 0.481 e. The van der Waals surface area contributed by atoms with Gasteiger partial charge in [-0.3, -0.25) is 9.59 Å². The van der Waals surface area contributed by atoms with Crippen molar-refractivity contribution in [2.45, 2.75) is 32.6 Å². The molecule has 0 saturated heterocycles. The van der Waals surface area contributed by atoms with Gasteiger partial charge in [-0.05, 0) is 37.5 Å². The Kier molecular flexibility index (Phi) is 4.80. The number of aryl methyl sites for hydroxylation is 1. The Morgan fingerprint density at radius 1 is 1.09 bits per heavy atom. The third-order valence-corrected chi connectivity index (χ3v) is 4.16. The summed E-state index contributed by atoms with van der Waals surface area (Å²) in [6.07, 6.45) is 2.69. The molecule has 2 atom stereocenters. The van der Waals surface area contributed by atoms with Gasteiger partial charge in [-0.2, -0.15) is 0 Å². The van der Waals surface area contributed by atoms with Gasteiger partial charge in [0.05, 0.1) is 17.4 Å². The maximum atomic E-state index is 12.4. The number of hydrogen-bond donors (Lipinski definition) is 3. The van der Waals surface area contributed by atoms with E-state index in [0.29, 0.717) is 18.5 Å². The highest BCUT2D eigenvalue weighted by atomic mass is 16.4. The molecule has 0 bridgehead atoms. The maximum absolute atomic E-state index is 12.4. The zero-order valence-corrected chi connectivity index (χ0v) is 12.3. The van der Waals surface area contributed by atoms with Crippen molar-refractivity contribution in [1.29, 1.82) is 0 Å². The van der Waals surface area contributed by atoms with Crippen LogP contribution in [-0.2, 0) is 9.59 Å². The van der Waals surface area contributed by atoms with Gasteiger partial charge in [0, 0.05) is 5.69 Å². The van der Waals surface area contributed by atoms with E-state index in [0.717, 1.165) is 18.4 Å². The van der Waals surface area contributed by atoms with Gasteiger partial charge in [-0.15, -0.1) is 0 Å². The lowest BCUT2D eigenvalue weighted by atomic mass is 9.78. The SMILES string of the molecule is Cc1ccc(C(=O)O)cc1NC(=O)[C@@H]1CCCC[C@@H]1C(=O)O. The van der Waals surface area contributed by atoms with Gasteiger partial charge in [-0.1, -0.05) is 18.9 Å². The average Bonchev–Trinajstić information content (AvgIpc) is 2.49. The summed E-state index contributed by atoms with van der Waals surface area (Å²) < 4.78 is 0. The molecule has 1 aliphatic rings. The molecule has 1 amide bonds. The maximum Gasteiger partial charge on any atom is 0.335 e. The van der Waals surface area contributed by atoms with E-state index in [9.17, 15) is 19.5 Å². The van der Waals surface area contributed by atoms with Crippen molar-refractivity contribution in [1.82, 2.24) is 0 Å². The lowest BCUT2D eigenvalue weighted by Gasteiger charge is -2.27. The van der Waals surface area contributed by atoms with Crippen LogP contribution in [0.1, 0.15) is 41.6 Å².